The summed E-state index contributed by atoms with van der Waals surface area (Å²) in [5.74, 6) is -1.12. The van der Waals surface area contributed by atoms with Gasteiger partial charge in [0.25, 0.3) is 11.6 Å². The summed E-state index contributed by atoms with van der Waals surface area (Å²) in [6.45, 7) is 5.21. The van der Waals surface area contributed by atoms with Gasteiger partial charge in [-0.2, -0.15) is 13.2 Å². The molecule has 0 fully saturated rings. The number of nitrogens with one attached hydrogen (secondary N) is 2. The number of rotatable bonds is 9. The van der Waals surface area contributed by atoms with Gasteiger partial charge in [-0.1, -0.05) is 41.6 Å². The number of amides is 2. The normalized spacial score (nSPS) is 11.3. The van der Waals surface area contributed by atoms with Crippen molar-refractivity contribution in [1.29, 1.82) is 0 Å². The predicted molar refractivity (Wildman–Crippen MR) is 156 cm³/mol. The zero-order valence-corrected chi connectivity index (χ0v) is 24.5. The van der Waals surface area contributed by atoms with Crippen LogP contribution in [-0.2, 0) is 17.5 Å². The van der Waals surface area contributed by atoms with Gasteiger partial charge in [-0.15, -0.1) is 10.2 Å². The number of halogens is 4. The maximum atomic E-state index is 13.1. The minimum atomic E-state index is -4.61. The van der Waals surface area contributed by atoms with Crippen LogP contribution in [0.4, 0.5) is 24.5 Å². The minimum Gasteiger partial charge on any atom is -0.345 e. The third-order valence-electron chi connectivity index (χ3n) is 6.28. The van der Waals surface area contributed by atoms with Crippen LogP contribution in [0.15, 0.2) is 59.8 Å². The molecule has 1 heterocycles. The molecule has 0 aliphatic rings. The Morgan fingerprint density at radius 3 is 2.44 bits per heavy atom. The smallest absolute Gasteiger partial charge is 0.345 e. The van der Waals surface area contributed by atoms with E-state index in [-0.39, 0.29) is 39.4 Å². The maximum absolute atomic E-state index is 13.1. The number of aryl methyl sites for hydroxylation is 3. The largest absolute Gasteiger partial charge is 0.416 e. The van der Waals surface area contributed by atoms with Crippen LogP contribution in [0.3, 0.4) is 0 Å². The van der Waals surface area contributed by atoms with Crippen LogP contribution < -0.4 is 10.6 Å². The second-order valence-electron chi connectivity index (χ2n) is 9.49. The van der Waals surface area contributed by atoms with Crippen molar-refractivity contribution in [3.05, 3.63) is 103 Å². The monoisotopic (exact) mass is 632 g/mol. The van der Waals surface area contributed by atoms with E-state index < -0.39 is 28.5 Å². The zero-order chi connectivity index (χ0) is 31.5. The number of carbonyl (C=O) groups is 2. The number of alkyl halides is 3. The molecule has 2 N–H and O–H groups in total. The Kier molecular flexibility index (Phi) is 9.40. The van der Waals surface area contributed by atoms with Crippen molar-refractivity contribution in [1.82, 2.24) is 20.1 Å². The quantitative estimate of drug-likeness (QED) is 0.123. The third-order valence-corrected chi connectivity index (χ3v) is 7.54. The first kappa shape index (κ1) is 31.5. The number of nitrogens with zero attached hydrogens (tertiary/aromatic N) is 4. The van der Waals surface area contributed by atoms with Gasteiger partial charge in [-0.25, -0.2) is 0 Å². The van der Waals surface area contributed by atoms with E-state index in [0.29, 0.717) is 17.1 Å². The highest BCUT2D eigenvalue weighted by molar-refractivity contribution is 7.99. The summed E-state index contributed by atoms with van der Waals surface area (Å²) >= 11 is 6.98. The standard InChI is InChI=1S/C28H24ClF3N6O4S/c1-15-4-5-16(2)22(10-15)37-24(13-33-26(40)18-7-6-17(3)23(11-18)38(41)42)35-36-27(37)43-14-25(39)34-21-12-19(28(30,31)32)8-9-20(21)29/h4-12H,13-14H2,1-3H3,(H,33,40)(H,34,39). The molecule has 1 aromatic heterocycles. The molecule has 2 amide bonds. The highest BCUT2D eigenvalue weighted by Crippen LogP contribution is 2.34. The lowest BCUT2D eigenvalue weighted by atomic mass is 10.1. The van der Waals surface area contributed by atoms with Crippen LogP contribution in [0.2, 0.25) is 5.02 Å². The van der Waals surface area contributed by atoms with E-state index >= 15 is 0 Å². The van der Waals surface area contributed by atoms with Crippen LogP contribution in [0, 0.1) is 30.9 Å². The summed E-state index contributed by atoms with van der Waals surface area (Å²) in [6.07, 6.45) is -4.61. The fourth-order valence-corrected chi connectivity index (χ4v) is 4.96. The highest BCUT2D eigenvalue weighted by Gasteiger charge is 2.31. The van der Waals surface area contributed by atoms with E-state index in [9.17, 15) is 32.9 Å². The number of anilines is 1. The Labute approximate surface area is 252 Å². The molecule has 4 rings (SSSR count). The molecule has 0 bridgehead atoms. The van der Waals surface area contributed by atoms with E-state index in [0.717, 1.165) is 41.1 Å². The molecule has 0 aliphatic heterocycles. The number of benzene rings is 3. The van der Waals surface area contributed by atoms with E-state index in [1.54, 1.807) is 11.5 Å². The summed E-state index contributed by atoms with van der Waals surface area (Å²) in [5, 5.41) is 25.0. The second-order valence-corrected chi connectivity index (χ2v) is 10.8. The molecule has 0 radical (unpaired) electrons. The van der Waals surface area contributed by atoms with Gasteiger partial charge in [-0.05, 0) is 62.2 Å². The van der Waals surface area contributed by atoms with Gasteiger partial charge in [0, 0.05) is 17.2 Å². The maximum Gasteiger partial charge on any atom is 0.416 e. The lowest BCUT2D eigenvalue weighted by molar-refractivity contribution is -0.385. The van der Waals surface area contributed by atoms with Gasteiger partial charge in [0.1, 0.15) is 0 Å². The average molecular weight is 633 g/mol. The highest BCUT2D eigenvalue weighted by atomic mass is 35.5. The Hall–Kier alpha value is -4.43. The van der Waals surface area contributed by atoms with Crippen molar-refractivity contribution >= 4 is 46.6 Å². The molecule has 0 spiro atoms. The Morgan fingerprint density at radius 1 is 1.02 bits per heavy atom. The molecule has 224 valence electrons. The SMILES string of the molecule is Cc1ccc(C)c(-n2c(CNC(=O)c3ccc(C)c([N+](=O)[O-])c3)nnc2SCC(=O)Nc2cc(C(F)(F)F)ccc2Cl)c1. The minimum absolute atomic E-state index is 0.0539. The number of hydrogen-bond acceptors (Lipinski definition) is 7. The van der Waals surface area contributed by atoms with Gasteiger partial charge < -0.3 is 10.6 Å². The molecule has 15 heteroatoms. The van der Waals surface area contributed by atoms with Crippen molar-refractivity contribution in [2.45, 2.75) is 38.6 Å². The Bertz CT molecular complexity index is 1730. The molecule has 0 atom stereocenters. The first-order valence-corrected chi connectivity index (χ1v) is 14.0. The molecule has 0 saturated carbocycles. The van der Waals surface area contributed by atoms with E-state index in [4.69, 9.17) is 11.6 Å². The molecular formula is C28H24ClF3N6O4S. The number of thioether (sulfide) groups is 1. The number of nitro benzene ring substituents is 1. The van der Waals surface area contributed by atoms with E-state index in [1.165, 1.54) is 18.2 Å². The fourth-order valence-electron chi connectivity index (χ4n) is 4.03. The topological polar surface area (TPSA) is 132 Å². The molecule has 10 nitrogen and oxygen atoms in total. The van der Waals surface area contributed by atoms with Gasteiger partial charge in [0.05, 0.1) is 39.2 Å². The summed E-state index contributed by atoms with van der Waals surface area (Å²) in [7, 11) is 0. The molecule has 0 unspecified atom stereocenters. The second kappa shape index (κ2) is 12.8. The lowest BCUT2D eigenvalue weighted by Crippen LogP contribution is -2.25. The summed E-state index contributed by atoms with van der Waals surface area (Å²) in [4.78, 5) is 36.3. The lowest BCUT2D eigenvalue weighted by Gasteiger charge is -2.14. The van der Waals surface area contributed by atoms with Crippen molar-refractivity contribution in [2.24, 2.45) is 0 Å². The van der Waals surface area contributed by atoms with Crippen molar-refractivity contribution in [3.8, 4) is 5.69 Å². The van der Waals surface area contributed by atoms with Crippen molar-refractivity contribution < 1.29 is 27.7 Å². The summed E-state index contributed by atoms with van der Waals surface area (Å²) < 4.78 is 41.0. The first-order valence-electron chi connectivity index (χ1n) is 12.6. The Morgan fingerprint density at radius 2 is 1.74 bits per heavy atom. The van der Waals surface area contributed by atoms with Crippen molar-refractivity contribution in [2.75, 3.05) is 11.1 Å². The average Bonchev–Trinajstić information content (AvgIpc) is 3.35. The molecule has 43 heavy (non-hydrogen) atoms. The van der Waals surface area contributed by atoms with Crippen molar-refractivity contribution in [3.63, 3.8) is 0 Å². The van der Waals surface area contributed by atoms with Crippen LogP contribution in [-0.4, -0.2) is 37.3 Å². The van der Waals surface area contributed by atoms with Crippen LogP contribution in [0.25, 0.3) is 5.69 Å². The first-order chi connectivity index (χ1) is 20.2. The van der Waals surface area contributed by atoms with Gasteiger partial charge in [0.2, 0.25) is 5.91 Å². The predicted octanol–water partition coefficient (Wildman–Crippen LogP) is 6.43. The molecule has 4 aromatic rings. The zero-order valence-electron chi connectivity index (χ0n) is 23.0. The van der Waals surface area contributed by atoms with E-state index in [1.807, 2.05) is 32.0 Å². The molecule has 0 aliphatic carbocycles. The number of aromatic nitrogens is 3. The number of nitro groups is 1. The molecule has 0 saturated heterocycles. The van der Waals surface area contributed by atoms with Gasteiger partial charge in [0.15, 0.2) is 11.0 Å². The van der Waals surface area contributed by atoms with Crippen LogP contribution in [0.1, 0.15) is 38.4 Å². The molecule has 3 aromatic carbocycles. The summed E-state index contributed by atoms with van der Waals surface area (Å²) in [6, 6.07) is 12.5. The number of carbonyl (C=O) groups excluding carboxylic acids is 2. The van der Waals surface area contributed by atoms with E-state index in [2.05, 4.69) is 20.8 Å². The fraction of sp³-hybridized carbons (Fsp3) is 0.214. The third kappa shape index (κ3) is 7.51. The van der Waals surface area contributed by atoms with Gasteiger partial charge >= 0.3 is 6.18 Å². The Balaban J connectivity index is 1.56. The molecular weight excluding hydrogens is 609 g/mol. The van der Waals surface area contributed by atoms with Gasteiger partial charge in [-0.3, -0.25) is 24.3 Å². The van der Waals surface area contributed by atoms with Crippen LogP contribution >= 0.6 is 23.4 Å². The van der Waals surface area contributed by atoms with Crippen LogP contribution in [0.5, 0.6) is 0 Å². The summed E-state index contributed by atoms with van der Waals surface area (Å²) in [5.41, 5.74) is 1.63. The number of hydrogen-bond donors (Lipinski definition) is 2.